The number of likely N-dealkylation sites (tertiary alicyclic amines) is 1. The molecule has 0 unspecified atom stereocenters. The third-order valence-electron chi connectivity index (χ3n) is 3.72. The molecule has 2 amide bonds. The fourth-order valence-corrected chi connectivity index (χ4v) is 2.36. The monoisotopic (exact) mass is 315 g/mol. The number of halogens is 3. The quantitative estimate of drug-likeness (QED) is 0.821. The zero-order chi connectivity index (χ0) is 16.3. The highest BCUT2D eigenvalue weighted by Crippen LogP contribution is 2.20. The van der Waals surface area contributed by atoms with Gasteiger partial charge in [-0.3, -0.25) is 9.59 Å². The molecule has 0 atom stereocenters. The Morgan fingerprint density at radius 2 is 1.82 bits per heavy atom. The van der Waals surface area contributed by atoms with E-state index in [2.05, 4.69) is 5.32 Å². The van der Waals surface area contributed by atoms with E-state index in [9.17, 15) is 22.8 Å². The highest BCUT2D eigenvalue weighted by atomic mass is 19.2. The summed E-state index contributed by atoms with van der Waals surface area (Å²) in [4.78, 5) is 24.5. The van der Waals surface area contributed by atoms with E-state index in [0.29, 0.717) is 25.9 Å². The number of carbonyl (C=O) groups excluding carboxylic acids is 2. The van der Waals surface area contributed by atoms with Crippen LogP contribution in [0.3, 0.4) is 0 Å². The van der Waals surface area contributed by atoms with Crippen LogP contribution in [0.2, 0.25) is 0 Å². The maximum atomic E-state index is 13.4. The summed E-state index contributed by atoms with van der Waals surface area (Å²) in [5.41, 5.74) is 4.93. The molecule has 0 aliphatic carbocycles. The molecule has 22 heavy (non-hydrogen) atoms. The minimum Gasteiger partial charge on any atom is -0.374 e. The summed E-state index contributed by atoms with van der Waals surface area (Å²) in [7, 11) is 0. The van der Waals surface area contributed by atoms with Crippen molar-refractivity contribution in [3.63, 3.8) is 0 Å². The number of benzene rings is 1. The Kier molecular flexibility index (Phi) is 4.89. The molecule has 1 aromatic rings. The number of amides is 2. The molecule has 0 saturated carbocycles. The van der Waals surface area contributed by atoms with Gasteiger partial charge in [0.1, 0.15) is 0 Å². The summed E-state index contributed by atoms with van der Waals surface area (Å²) in [5, 5.41) is 2.45. The molecule has 1 fully saturated rings. The average Bonchev–Trinajstić information content (AvgIpc) is 2.51. The standard InChI is InChI=1S/C14H16F3N3O2/c15-9-1-2-10(13(17)12(9)16)19-7-11(21)20-5-3-8(4-6-20)14(18)22/h1-2,8,19H,3-7H2,(H2,18,22). The molecular formula is C14H16F3N3O2. The highest BCUT2D eigenvalue weighted by Gasteiger charge is 2.25. The first-order valence-corrected chi connectivity index (χ1v) is 6.84. The van der Waals surface area contributed by atoms with Gasteiger partial charge in [0, 0.05) is 19.0 Å². The molecule has 1 aromatic carbocycles. The SMILES string of the molecule is NC(=O)C1CCN(C(=O)CNc2ccc(F)c(F)c2F)CC1. The number of piperidine rings is 1. The Morgan fingerprint density at radius 3 is 2.41 bits per heavy atom. The van der Waals surface area contributed by atoms with E-state index in [0.717, 1.165) is 12.1 Å². The Balaban J connectivity index is 1.89. The number of rotatable bonds is 4. The minimum absolute atomic E-state index is 0.236. The number of nitrogens with zero attached hydrogens (tertiary/aromatic N) is 1. The zero-order valence-electron chi connectivity index (χ0n) is 11.7. The van der Waals surface area contributed by atoms with E-state index >= 15 is 0 Å². The fraction of sp³-hybridized carbons (Fsp3) is 0.429. The first kappa shape index (κ1) is 16.1. The van der Waals surface area contributed by atoms with Crippen LogP contribution in [0.5, 0.6) is 0 Å². The van der Waals surface area contributed by atoms with Crippen LogP contribution in [0.15, 0.2) is 12.1 Å². The molecule has 3 N–H and O–H groups in total. The van der Waals surface area contributed by atoms with Crippen molar-refractivity contribution in [1.29, 1.82) is 0 Å². The van der Waals surface area contributed by atoms with Gasteiger partial charge in [0.2, 0.25) is 11.8 Å². The lowest BCUT2D eigenvalue weighted by Crippen LogP contribution is -2.43. The second-order valence-electron chi connectivity index (χ2n) is 5.13. The van der Waals surface area contributed by atoms with Crippen LogP contribution in [-0.4, -0.2) is 36.3 Å². The molecule has 1 saturated heterocycles. The van der Waals surface area contributed by atoms with Crippen molar-refractivity contribution in [2.45, 2.75) is 12.8 Å². The number of nitrogens with two attached hydrogens (primary N) is 1. The first-order valence-electron chi connectivity index (χ1n) is 6.84. The van der Waals surface area contributed by atoms with E-state index in [1.165, 1.54) is 4.90 Å². The Hall–Kier alpha value is -2.25. The normalized spacial score (nSPS) is 15.7. The number of hydrogen-bond acceptors (Lipinski definition) is 3. The maximum Gasteiger partial charge on any atom is 0.241 e. The van der Waals surface area contributed by atoms with E-state index < -0.39 is 17.5 Å². The topological polar surface area (TPSA) is 75.4 Å². The highest BCUT2D eigenvalue weighted by molar-refractivity contribution is 5.82. The van der Waals surface area contributed by atoms with Crippen molar-refractivity contribution in [3.05, 3.63) is 29.6 Å². The summed E-state index contributed by atoms with van der Waals surface area (Å²) in [6.07, 6.45) is 0.973. The van der Waals surface area contributed by atoms with Crippen LogP contribution in [0, 0.1) is 23.4 Å². The van der Waals surface area contributed by atoms with Gasteiger partial charge in [-0.15, -0.1) is 0 Å². The van der Waals surface area contributed by atoms with Crippen molar-refractivity contribution < 1.29 is 22.8 Å². The molecular weight excluding hydrogens is 299 g/mol. The maximum absolute atomic E-state index is 13.4. The molecule has 1 heterocycles. The van der Waals surface area contributed by atoms with Crippen molar-refractivity contribution in [3.8, 4) is 0 Å². The third kappa shape index (κ3) is 3.49. The molecule has 0 radical (unpaired) electrons. The van der Waals surface area contributed by atoms with Gasteiger partial charge in [-0.2, -0.15) is 0 Å². The van der Waals surface area contributed by atoms with Crippen molar-refractivity contribution in [1.82, 2.24) is 4.90 Å². The lowest BCUT2D eigenvalue weighted by Gasteiger charge is -2.30. The van der Waals surface area contributed by atoms with E-state index in [1.807, 2.05) is 0 Å². The Bertz CT molecular complexity index is 587. The summed E-state index contributed by atoms with van der Waals surface area (Å²) in [5.74, 6) is -5.16. The Morgan fingerprint density at radius 1 is 1.18 bits per heavy atom. The van der Waals surface area contributed by atoms with Gasteiger partial charge in [-0.1, -0.05) is 0 Å². The second-order valence-corrected chi connectivity index (χ2v) is 5.13. The lowest BCUT2D eigenvalue weighted by molar-refractivity contribution is -0.133. The molecule has 1 aliphatic rings. The van der Waals surface area contributed by atoms with Crippen LogP contribution in [0.4, 0.5) is 18.9 Å². The largest absolute Gasteiger partial charge is 0.374 e. The number of primary amides is 1. The summed E-state index contributed by atoms with van der Waals surface area (Å²) in [6, 6.07) is 1.81. The molecule has 0 spiro atoms. The predicted molar refractivity (Wildman–Crippen MR) is 73.3 cm³/mol. The van der Waals surface area contributed by atoms with Crippen LogP contribution < -0.4 is 11.1 Å². The predicted octanol–water partition coefficient (Wildman–Crippen LogP) is 1.24. The van der Waals surface area contributed by atoms with Gasteiger partial charge in [-0.25, -0.2) is 13.2 Å². The lowest BCUT2D eigenvalue weighted by atomic mass is 9.96. The van der Waals surface area contributed by atoms with Crippen LogP contribution in [0.25, 0.3) is 0 Å². The second kappa shape index (κ2) is 6.67. The fourth-order valence-electron chi connectivity index (χ4n) is 2.36. The molecule has 1 aliphatic heterocycles. The summed E-state index contributed by atoms with van der Waals surface area (Å²) >= 11 is 0. The molecule has 2 rings (SSSR count). The average molecular weight is 315 g/mol. The summed E-state index contributed by atoms with van der Waals surface area (Å²) in [6.45, 7) is 0.520. The molecule has 8 heteroatoms. The molecule has 5 nitrogen and oxygen atoms in total. The van der Waals surface area contributed by atoms with Crippen LogP contribution in [0.1, 0.15) is 12.8 Å². The van der Waals surface area contributed by atoms with E-state index in [1.54, 1.807) is 0 Å². The van der Waals surface area contributed by atoms with Gasteiger partial charge in [0.05, 0.1) is 12.2 Å². The van der Waals surface area contributed by atoms with E-state index in [4.69, 9.17) is 5.73 Å². The molecule has 0 aromatic heterocycles. The molecule has 0 bridgehead atoms. The van der Waals surface area contributed by atoms with Gasteiger partial charge in [-0.05, 0) is 25.0 Å². The van der Waals surface area contributed by atoms with Crippen LogP contribution >= 0.6 is 0 Å². The van der Waals surface area contributed by atoms with Crippen LogP contribution in [-0.2, 0) is 9.59 Å². The number of anilines is 1. The Labute approximate surface area is 125 Å². The first-order chi connectivity index (χ1) is 10.4. The molecule has 120 valence electrons. The van der Waals surface area contributed by atoms with Crippen molar-refractivity contribution >= 4 is 17.5 Å². The third-order valence-corrected chi connectivity index (χ3v) is 3.72. The number of nitrogens with one attached hydrogen (secondary N) is 1. The minimum atomic E-state index is -1.58. The van der Waals surface area contributed by atoms with Crippen molar-refractivity contribution in [2.24, 2.45) is 11.7 Å². The van der Waals surface area contributed by atoms with Gasteiger partial charge in [0.15, 0.2) is 17.5 Å². The number of hydrogen-bond donors (Lipinski definition) is 2. The van der Waals surface area contributed by atoms with Gasteiger partial charge >= 0.3 is 0 Å². The van der Waals surface area contributed by atoms with Gasteiger partial charge in [0.25, 0.3) is 0 Å². The number of carbonyl (C=O) groups is 2. The smallest absolute Gasteiger partial charge is 0.241 e. The van der Waals surface area contributed by atoms with Crippen molar-refractivity contribution in [2.75, 3.05) is 25.0 Å². The van der Waals surface area contributed by atoms with Gasteiger partial charge < -0.3 is 16.0 Å². The summed E-state index contributed by atoms with van der Waals surface area (Å²) < 4.78 is 39.3. The van der Waals surface area contributed by atoms with E-state index in [-0.39, 0.29) is 30.0 Å². The zero-order valence-corrected chi connectivity index (χ0v) is 11.7.